The highest BCUT2D eigenvalue weighted by atomic mass is 15.0. The van der Waals surface area contributed by atoms with E-state index < -0.39 is 0 Å². The number of fused-ring (bicyclic) bond motifs is 13. The Morgan fingerprint density at radius 2 is 1.23 bits per heavy atom. The van der Waals surface area contributed by atoms with Gasteiger partial charge in [-0.2, -0.15) is 0 Å². The van der Waals surface area contributed by atoms with Crippen LogP contribution in [-0.4, -0.2) is 18.8 Å². The third kappa shape index (κ3) is 3.44. The molecule has 1 aliphatic rings. The van der Waals surface area contributed by atoms with Gasteiger partial charge in [0.2, 0.25) is 0 Å². The van der Waals surface area contributed by atoms with Gasteiger partial charge in [0.1, 0.15) is 11.3 Å². The number of imidazole rings is 2. The van der Waals surface area contributed by atoms with E-state index in [9.17, 15) is 0 Å². The van der Waals surface area contributed by atoms with Gasteiger partial charge in [-0.15, -0.1) is 0 Å². The van der Waals surface area contributed by atoms with Gasteiger partial charge in [0, 0.05) is 33.3 Å². The van der Waals surface area contributed by atoms with E-state index in [1.807, 2.05) is 0 Å². The van der Waals surface area contributed by atoms with Crippen LogP contribution in [0.4, 0.5) is 0 Å². The van der Waals surface area contributed by atoms with Crippen LogP contribution >= 0.6 is 0 Å². The maximum absolute atomic E-state index is 5.08. The SMILES string of the molecule is CC/C(=C\c1c(C)n2c3ccccc3nc2c2ccccc12)C1=Cc2c(n3c4ccccc4nc3c3ccccc23)CC1. The molecule has 1 aliphatic carbocycles. The Morgan fingerprint density at radius 1 is 0.674 bits per heavy atom. The van der Waals surface area contributed by atoms with Crippen LogP contribution in [-0.2, 0) is 6.42 Å². The monoisotopic (exact) mass is 554 g/mol. The Bertz CT molecular complexity index is 2500. The van der Waals surface area contributed by atoms with Gasteiger partial charge in [-0.05, 0) is 84.5 Å². The summed E-state index contributed by atoms with van der Waals surface area (Å²) in [6, 6.07) is 34.5. The van der Waals surface area contributed by atoms with Crippen molar-refractivity contribution in [1.82, 2.24) is 18.8 Å². The third-order valence-electron chi connectivity index (χ3n) is 9.41. The molecule has 0 spiro atoms. The fourth-order valence-electron chi connectivity index (χ4n) is 7.38. The zero-order valence-corrected chi connectivity index (χ0v) is 24.3. The lowest BCUT2D eigenvalue weighted by atomic mass is 9.86. The molecule has 0 amide bonds. The zero-order chi connectivity index (χ0) is 28.7. The molecule has 9 rings (SSSR count). The summed E-state index contributed by atoms with van der Waals surface area (Å²) in [6.45, 7) is 4.53. The number of nitrogens with zero attached hydrogens (tertiary/aromatic N) is 4. The highest BCUT2D eigenvalue weighted by Gasteiger charge is 2.22. The molecule has 0 unspecified atom stereocenters. The summed E-state index contributed by atoms with van der Waals surface area (Å²) in [5.74, 6) is 0. The summed E-state index contributed by atoms with van der Waals surface area (Å²) in [5, 5.41) is 4.93. The van der Waals surface area contributed by atoms with Crippen molar-refractivity contribution in [3.63, 3.8) is 0 Å². The molecule has 0 bridgehead atoms. The van der Waals surface area contributed by atoms with Gasteiger partial charge >= 0.3 is 0 Å². The van der Waals surface area contributed by atoms with Crippen LogP contribution in [0, 0.1) is 6.92 Å². The number of hydrogen-bond acceptors (Lipinski definition) is 2. The van der Waals surface area contributed by atoms with Crippen LogP contribution in [0.5, 0.6) is 0 Å². The lowest BCUT2D eigenvalue weighted by Crippen LogP contribution is -2.08. The first-order chi connectivity index (χ1) is 21.2. The Morgan fingerprint density at radius 3 is 1.93 bits per heavy atom. The Hall–Kier alpha value is -5.22. The summed E-state index contributed by atoms with van der Waals surface area (Å²) < 4.78 is 4.75. The summed E-state index contributed by atoms with van der Waals surface area (Å²) in [4.78, 5) is 10.1. The van der Waals surface area contributed by atoms with Crippen LogP contribution < -0.4 is 0 Å². The van der Waals surface area contributed by atoms with Gasteiger partial charge < -0.3 is 0 Å². The van der Waals surface area contributed by atoms with Gasteiger partial charge in [-0.25, -0.2) is 9.97 Å². The van der Waals surface area contributed by atoms with Crippen molar-refractivity contribution in [2.24, 2.45) is 0 Å². The first-order valence-electron chi connectivity index (χ1n) is 15.2. The summed E-state index contributed by atoms with van der Waals surface area (Å²) in [6.07, 6.45) is 7.86. The minimum absolute atomic E-state index is 0.964. The molecular weight excluding hydrogens is 524 g/mol. The Balaban J connectivity index is 1.31. The fourth-order valence-corrected chi connectivity index (χ4v) is 7.38. The molecule has 0 N–H and O–H groups in total. The summed E-state index contributed by atoms with van der Waals surface area (Å²) in [5.41, 5.74) is 14.5. The molecule has 0 fully saturated rings. The number of aryl methyl sites for hydroxylation is 2. The minimum atomic E-state index is 0.964. The molecule has 0 atom stereocenters. The second-order valence-electron chi connectivity index (χ2n) is 11.7. The predicted octanol–water partition coefficient (Wildman–Crippen LogP) is 9.73. The normalized spacial score (nSPS) is 14.0. The standard InChI is InChI=1S/C39H30N4/c1-3-25(22-31-24(2)42-36-18-10-8-16-33(36)40-38(42)29-14-6-4-12-27(29)31)26-20-21-35-32(23-26)28-13-5-7-15-30(28)39-41-34-17-9-11-19-37(34)43(35)39/h4-19,22-23H,3,20-21H2,1-2H3/b25-22+. The average molecular weight is 555 g/mol. The first kappa shape index (κ1) is 24.4. The van der Waals surface area contributed by atoms with Crippen LogP contribution in [0.1, 0.15) is 42.3 Å². The molecule has 4 heterocycles. The maximum Gasteiger partial charge on any atom is 0.146 e. The average Bonchev–Trinajstić information content (AvgIpc) is 3.65. The van der Waals surface area contributed by atoms with Gasteiger partial charge in [0.05, 0.1) is 22.1 Å². The molecule has 4 aromatic heterocycles. The molecule has 8 aromatic rings. The number of para-hydroxylation sites is 4. The van der Waals surface area contributed by atoms with E-state index in [1.54, 1.807) is 0 Å². The number of rotatable bonds is 3. The summed E-state index contributed by atoms with van der Waals surface area (Å²) in [7, 11) is 0. The van der Waals surface area contributed by atoms with Gasteiger partial charge in [-0.3, -0.25) is 8.80 Å². The van der Waals surface area contributed by atoms with E-state index in [0.717, 1.165) is 47.1 Å². The van der Waals surface area contributed by atoms with Crippen LogP contribution in [0.25, 0.3) is 67.1 Å². The number of hydrogen-bond donors (Lipinski definition) is 0. The van der Waals surface area contributed by atoms with Gasteiger partial charge in [0.15, 0.2) is 0 Å². The molecular formula is C39H30N4. The molecule has 0 aliphatic heterocycles. The van der Waals surface area contributed by atoms with Crippen molar-refractivity contribution in [2.75, 3.05) is 0 Å². The Kier molecular flexibility index (Phi) is 5.18. The van der Waals surface area contributed by atoms with Crippen molar-refractivity contribution < 1.29 is 0 Å². The summed E-state index contributed by atoms with van der Waals surface area (Å²) >= 11 is 0. The van der Waals surface area contributed by atoms with Crippen molar-refractivity contribution >= 4 is 67.1 Å². The van der Waals surface area contributed by atoms with E-state index in [-0.39, 0.29) is 0 Å². The van der Waals surface area contributed by atoms with Crippen molar-refractivity contribution in [2.45, 2.75) is 33.1 Å². The predicted molar refractivity (Wildman–Crippen MR) is 180 cm³/mol. The van der Waals surface area contributed by atoms with E-state index >= 15 is 0 Å². The van der Waals surface area contributed by atoms with Gasteiger partial charge in [-0.1, -0.05) is 79.7 Å². The molecule has 0 saturated heterocycles. The largest absolute Gasteiger partial charge is 0.296 e. The van der Waals surface area contributed by atoms with E-state index in [2.05, 4.69) is 132 Å². The zero-order valence-electron chi connectivity index (χ0n) is 24.3. The smallest absolute Gasteiger partial charge is 0.146 e. The van der Waals surface area contributed by atoms with Crippen LogP contribution in [0.15, 0.2) is 108 Å². The molecule has 0 saturated carbocycles. The molecule has 4 aromatic carbocycles. The fraction of sp³-hybridized carbons (Fsp3) is 0.128. The van der Waals surface area contributed by atoms with Crippen molar-refractivity contribution in [3.8, 4) is 0 Å². The third-order valence-corrected chi connectivity index (χ3v) is 9.41. The minimum Gasteiger partial charge on any atom is -0.296 e. The lowest BCUT2D eigenvalue weighted by Gasteiger charge is -2.22. The van der Waals surface area contributed by atoms with E-state index in [0.29, 0.717) is 0 Å². The highest BCUT2D eigenvalue weighted by molar-refractivity contribution is 6.05. The molecule has 4 heteroatoms. The number of pyridine rings is 2. The number of allylic oxidation sites excluding steroid dienone is 2. The van der Waals surface area contributed by atoms with Crippen LogP contribution in [0.3, 0.4) is 0 Å². The van der Waals surface area contributed by atoms with Gasteiger partial charge in [0.25, 0.3) is 0 Å². The Labute approximate surface area is 249 Å². The quantitative estimate of drug-likeness (QED) is 0.218. The van der Waals surface area contributed by atoms with Crippen molar-refractivity contribution in [1.29, 1.82) is 0 Å². The molecule has 206 valence electrons. The number of aromatic nitrogens is 4. The second kappa shape index (κ2) is 9.14. The van der Waals surface area contributed by atoms with Crippen molar-refractivity contribution in [3.05, 3.63) is 131 Å². The molecule has 43 heavy (non-hydrogen) atoms. The van der Waals surface area contributed by atoms with E-state index in [1.165, 1.54) is 60.7 Å². The maximum atomic E-state index is 5.08. The van der Waals surface area contributed by atoms with E-state index in [4.69, 9.17) is 9.97 Å². The lowest BCUT2D eigenvalue weighted by molar-refractivity contribution is 0.868. The molecule has 0 radical (unpaired) electrons. The number of benzene rings is 4. The second-order valence-corrected chi connectivity index (χ2v) is 11.7. The molecule has 4 nitrogen and oxygen atoms in total. The topological polar surface area (TPSA) is 34.6 Å². The van der Waals surface area contributed by atoms with Crippen LogP contribution in [0.2, 0.25) is 0 Å². The highest BCUT2D eigenvalue weighted by Crippen LogP contribution is 2.39. The first-order valence-corrected chi connectivity index (χ1v) is 15.2.